The maximum absolute atomic E-state index is 13.3. The van der Waals surface area contributed by atoms with E-state index in [0.29, 0.717) is 17.7 Å². The van der Waals surface area contributed by atoms with Crippen LogP contribution in [-0.2, 0) is 27.5 Å². The predicted octanol–water partition coefficient (Wildman–Crippen LogP) is 2.56. The van der Waals surface area contributed by atoms with Crippen LogP contribution in [0.4, 0.5) is 18.0 Å². The third kappa shape index (κ3) is 4.04. The van der Waals surface area contributed by atoms with E-state index in [0.717, 1.165) is 15.9 Å². The van der Waals surface area contributed by atoms with Crippen molar-refractivity contribution in [3.8, 4) is 0 Å². The number of nitrogens with zero attached hydrogens (tertiary/aromatic N) is 3. The minimum atomic E-state index is -4.73. The van der Waals surface area contributed by atoms with Crippen LogP contribution in [0.15, 0.2) is 23.1 Å². The monoisotopic (exact) mass is 489 g/mol. The molecule has 0 bridgehead atoms. The Morgan fingerprint density at radius 1 is 1.31 bits per heavy atom. The highest BCUT2D eigenvalue weighted by molar-refractivity contribution is 7.93. The van der Waals surface area contributed by atoms with Crippen LogP contribution in [0.25, 0.3) is 0 Å². The molecule has 0 saturated heterocycles. The Morgan fingerprint density at radius 2 is 1.97 bits per heavy atom. The number of imide groups is 1. The van der Waals surface area contributed by atoms with E-state index in [1.165, 1.54) is 32.2 Å². The van der Waals surface area contributed by atoms with E-state index in [4.69, 9.17) is 0 Å². The molecule has 8 nitrogen and oxygen atoms in total. The number of rotatable bonds is 5. The molecule has 1 N–H and O–H groups in total. The van der Waals surface area contributed by atoms with E-state index < -0.39 is 51.8 Å². The molecule has 0 spiro atoms. The highest BCUT2D eigenvalue weighted by Crippen LogP contribution is 2.37. The van der Waals surface area contributed by atoms with Gasteiger partial charge in [-0.3, -0.25) is 0 Å². The summed E-state index contributed by atoms with van der Waals surface area (Å²) >= 11 is 0.750. The van der Waals surface area contributed by atoms with E-state index in [9.17, 15) is 31.2 Å². The Morgan fingerprint density at radius 3 is 2.56 bits per heavy atom. The van der Waals surface area contributed by atoms with Crippen LogP contribution in [0.1, 0.15) is 35.3 Å². The smallest absolute Gasteiger partial charge is 0.245 e. The summed E-state index contributed by atoms with van der Waals surface area (Å²) < 4.78 is 69.2. The summed E-state index contributed by atoms with van der Waals surface area (Å²) in [6.45, 7) is 2.56. The SMILES string of the molecule is Cc1nc(C(F)(F)F)c(CN2C(=O)C3C=C(S(=O)(=O)NC4(C)CC4)C=CC3=[N+](C)C2=O)s1. The average molecular weight is 490 g/mol. The van der Waals surface area contributed by atoms with E-state index in [1.807, 2.05) is 0 Å². The molecule has 1 saturated carbocycles. The first-order valence-corrected chi connectivity index (χ1v) is 12.0. The van der Waals surface area contributed by atoms with Crippen molar-refractivity contribution in [3.63, 3.8) is 0 Å². The molecule has 1 aliphatic heterocycles. The van der Waals surface area contributed by atoms with E-state index in [1.54, 1.807) is 6.92 Å². The first-order valence-electron chi connectivity index (χ1n) is 9.65. The summed E-state index contributed by atoms with van der Waals surface area (Å²) in [5, 5.41) is 0.151. The van der Waals surface area contributed by atoms with Crippen LogP contribution >= 0.6 is 11.3 Å². The minimum absolute atomic E-state index is 0.125. The Hall–Kier alpha value is -2.38. The molecule has 0 aromatic carbocycles. The van der Waals surface area contributed by atoms with Crippen molar-refractivity contribution in [1.29, 1.82) is 0 Å². The van der Waals surface area contributed by atoms with Gasteiger partial charge in [0.2, 0.25) is 10.0 Å². The number of carbonyl (C=O) groups is 2. The molecule has 2 aliphatic carbocycles. The number of aryl methyl sites for hydroxylation is 1. The number of hydrogen-bond acceptors (Lipinski definition) is 6. The van der Waals surface area contributed by atoms with Crippen molar-refractivity contribution in [2.45, 2.75) is 44.9 Å². The summed E-state index contributed by atoms with van der Waals surface area (Å²) in [5.74, 6) is -1.92. The van der Waals surface area contributed by atoms with Crippen molar-refractivity contribution in [2.75, 3.05) is 7.05 Å². The van der Waals surface area contributed by atoms with Crippen molar-refractivity contribution in [1.82, 2.24) is 14.6 Å². The maximum Gasteiger partial charge on any atom is 0.501 e. The largest absolute Gasteiger partial charge is 0.501 e. The molecule has 1 aromatic rings. The van der Waals surface area contributed by atoms with E-state index in [-0.39, 0.29) is 20.5 Å². The number of hydrogen-bond donors (Lipinski definition) is 1. The van der Waals surface area contributed by atoms with Crippen LogP contribution in [0.5, 0.6) is 0 Å². The molecule has 0 radical (unpaired) electrons. The lowest BCUT2D eigenvalue weighted by molar-refractivity contribution is -0.406. The van der Waals surface area contributed by atoms with Gasteiger partial charge in [-0.25, -0.2) is 22.9 Å². The first-order chi connectivity index (χ1) is 14.7. The van der Waals surface area contributed by atoms with Gasteiger partial charge in [0.15, 0.2) is 5.69 Å². The fourth-order valence-corrected chi connectivity index (χ4v) is 6.07. The second-order valence-electron chi connectivity index (χ2n) is 8.24. The molecule has 1 fully saturated rings. The number of allylic oxidation sites excluding steroid dienone is 2. The lowest BCUT2D eigenvalue weighted by Gasteiger charge is -2.26. The molecule has 3 amide bonds. The fraction of sp³-hybridized carbons (Fsp3) is 0.474. The molecule has 32 heavy (non-hydrogen) atoms. The number of amides is 3. The molecule has 13 heteroatoms. The summed E-state index contributed by atoms with van der Waals surface area (Å²) in [5.41, 5.74) is -1.41. The molecular formula is C19H20F3N4O4S2+. The zero-order valence-electron chi connectivity index (χ0n) is 17.4. The van der Waals surface area contributed by atoms with E-state index in [2.05, 4.69) is 9.71 Å². The van der Waals surface area contributed by atoms with Crippen LogP contribution in [0.3, 0.4) is 0 Å². The zero-order valence-corrected chi connectivity index (χ0v) is 19.0. The van der Waals surface area contributed by atoms with Crippen LogP contribution in [0, 0.1) is 12.8 Å². The molecule has 3 aliphatic rings. The Bertz CT molecular complexity index is 1220. The van der Waals surface area contributed by atoms with Crippen molar-refractivity contribution >= 4 is 39.0 Å². The summed E-state index contributed by atoms with van der Waals surface area (Å²) in [6, 6.07) is -0.798. The van der Waals surface area contributed by atoms with Crippen molar-refractivity contribution in [2.24, 2.45) is 5.92 Å². The topological polar surface area (TPSA) is 99.5 Å². The lowest BCUT2D eigenvalue weighted by Crippen LogP contribution is -2.53. The molecular weight excluding hydrogens is 469 g/mol. The molecule has 2 heterocycles. The van der Waals surface area contributed by atoms with Crippen molar-refractivity contribution in [3.05, 3.63) is 38.7 Å². The third-order valence-electron chi connectivity index (χ3n) is 5.57. The van der Waals surface area contributed by atoms with Gasteiger partial charge in [0.25, 0.3) is 0 Å². The second-order valence-corrected chi connectivity index (χ2v) is 11.2. The van der Waals surface area contributed by atoms with Gasteiger partial charge in [0.1, 0.15) is 18.2 Å². The number of sulfonamides is 1. The number of nitrogens with one attached hydrogen (secondary N) is 1. The number of urea groups is 1. The fourth-order valence-electron chi connectivity index (χ4n) is 3.59. The average Bonchev–Trinajstić information content (AvgIpc) is 3.27. The summed E-state index contributed by atoms with van der Waals surface area (Å²) in [6.07, 6.45) is 0.572. The lowest BCUT2D eigenvalue weighted by atomic mass is 9.94. The number of aromatic nitrogens is 1. The van der Waals surface area contributed by atoms with Gasteiger partial charge in [0.05, 0.1) is 21.8 Å². The number of alkyl halides is 3. The standard InChI is InChI=1S/C19H20F3N4O4S2/c1-10-23-15(19(20,21)22)14(31-10)9-26-16(27)12-8-11(4-5-13(12)25(3)17(26)28)32(29,30)24-18(2)6-7-18/h4-5,8,12,24H,6-7,9H2,1-3H3/q+1. The van der Waals surface area contributed by atoms with Crippen LogP contribution in [0.2, 0.25) is 0 Å². The third-order valence-corrected chi connectivity index (χ3v) is 8.18. The first kappa shape index (κ1) is 22.8. The number of carbonyl (C=O) groups excluding carboxylic acids is 2. The number of fused-ring (bicyclic) bond motifs is 1. The molecule has 4 rings (SSSR count). The van der Waals surface area contributed by atoms with E-state index >= 15 is 0 Å². The summed E-state index contributed by atoms with van der Waals surface area (Å²) in [4.78, 5) is 29.7. The minimum Gasteiger partial charge on any atom is -0.245 e. The van der Waals surface area contributed by atoms with Gasteiger partial charge in [-0.15, -0.1) is 11.3 Å². The van der Waals surface area contributed by atoms with Gasteiger partial charge in [-0.1, -0.05) is 0 Å². The molecule has 172 valence electrons. The Labute approximate surface area is 186 Å². The van der Waals surface area contributed by atoms with Gasteiger partial charge in [0, 0.05) is 5.54 Å². The van der Waals surface area contributed by atoms with Gasteiger partial charge in [-0.2, -0.15) is 27.4 Å². The highest BCUT2D eigenvalue weighted by atomic mass is 32.2. The van der Waals surface area contributed by atoms with Gasteiger partial charge >= 0.3 is 18.1 Å². The zero-order chi connectivity index (χ0) is 23.6. The van der Waals surface area contributed by atoms with Crippen molar-refractivity contribution < 1.29 is 35.8 Å². The quantitative estimate of drug-likeness (QED) is 0.641. The summed E-state index contributed by atoms with van der Waals surface area (Å²) in [7, 11) is -2.52. The maximum atomic E-state index is 13.3. The second kappa shape index (κ2) is 7.32. The molecule has 1 unspecified atom stereocenters. The Balaban J connectivity index is 1.68. The van der Waals surface area contributed by atoms with Gasteiger partial charge in [-0.05, 0) is 44.9 Å². The number of thiazole rings is 1. The van der Waals surface area contributed by atoms with Gasteiger partial charge < -0.3 is 0 Å². The molecule has 1 aromatic heterocycles. The van der Waals surface area contributed by atoms with Crippen LogP contribution < -0.4 is 4.72 Å². The number of halogens is 3. The highest BCUT2D eigenvalue weighted by Gasteiger charge is 2.49. The predicted molar refractivity (Wildman–Crippen MR) is 109 cm³/mol. The Kier molecular flexibility index (Phi) is 5.21. The normalized spacial score (nSPS) is 22.9. The van der Waals surface area contributed by atoms with Crippen LogP contribution in [-0.4, -0.2) is 53.1 Å². The molecule has 1 atom stereocenters.